The van der Waals surface area contributed by atoms with E-state index in [0.29, 0.717) is 30.2 Å². The Morgan fingerprint density at radius 1 is 0.714 bits per heavy atom. The van der Waals surface area contributed by atoms with E-state index in [-0.39, 0.29) is 18.3 Å². The summed E-state index contributed by atoms with van der Waals surface area (Å²) >= 11 is 0. The first-order valence-electron chi connectivity index (χ1n) is 14.5. The molecule has 6 rings (SSSR count). The van der Waals surface area contributed by atoms with E-state index in [2.05, 4.69) is 5.32 Å². The summed E-state index contributed by atoms with van der Waals surface area (Å²) in [6.45, 7) is 1.75. The lowest BCUT2D eigenvalue weighted by Gasteiger charge is -2.28. The molecule has 0 amide bonds. The average Bonchev–Trinajstić information content (AvgIpc) is 3.06. The van der Waals surface area contributed by atoms with Gasteiger partial charge < -0.3 is 19.5 Å². The van der Waals surface area contributed by atoms with Crippen LogP contribution >= 0.6 is 0 Å². The lowest BCUT2D eigenvalue weighted by molar-refractivity contribution is 0.0462. The molecule has 4 aromatic carbocycles. The lowest BCUT2D eigenvalue weighted by atomic mass is 9.93. The predicted octanol–water partition coefficient (Wildman–Crippen LogP) is 7.56. The van der Waals surface area contributed by atoms with Crippen LogP contribution in [-0.2, 0) is 24.6 Å². The molecule has 1 saturated heterocycles. The highest BCUT2D eigenvalue weighted by Gasteiger charge is 2.30. The van der Waals surface area contributed by atoms with Gasteiger partial charge in [0.05, 0.1) is 0 Å². The molecule has 0 saturated carbocycles. The van der Waals surface area contributed by atoms with Gasteiger partial charge in [-0.3, -0.25) is 0 Å². The summed E-state index contributed by atoms with van der Waals surface area (Å²) in [5.74, 6) is 0.742. The number of ether oxygens (including phenoxy) is 3. The van der Waals surface area contributed by atoms with Crippen molar-refractivity contribution in [3.8, 4) is 11.5 Å². The first-order valence-corrected chi connectivity index (χ1v) is 14.5. The topological polar surface area (TPSA) is 69.7 Å². The minimum atomic E-state index is -0.481. The molecule has 0 radical (unpaired) electrons. The highest BCUT2D eigenvalue weighted by molar-refractivity contribution is 5.98. The van der Waals surface area contributed by atoms with Gasteiger partial charge in [0.25, 0.3) is 0 Å². The molecule has 0 bridgehead atoms. The van der Waals surface area contributed by atoms with Gasteiger partial charge in [0.1, 0.15) is 36.8 Å². The molecule has 1 fully saturated rings. The molecule has 0 spiro atoms. The maximum atomic E-state index is 13.8. The Labute approximate surface area is 246 Å². The number of piperidine rings is 1. The van der Waals surface area contributed by atoms with Crippen LogP contribution in [0, 0.1) is 0 Å². The van der Waals surface area contributed by atoms with Gasteiger partial charge in [0.2, 0.25) is 0 Å². The zero-order chi connectivity index (χ0) is 28.6. The minimum Gasteiger partial charge on any atom is -0.488 e. The summed E-state index contributed by atoms with van der Waals surface area (Å²) in [7, 11) is 0. The number of pyridine rings is 1. The highest BCUT2D eigenvalue weighted by Crippen LogP contribution is 2.41. The molecule has 1 atom stereocenters. The van der Waals surface area contributed by atoms with Crippen LogP contribution in [-0.4, -0.2) is 17.5 Å². The molecule has 1 aromatic heterocycles. The van der Waals surface area contributed by atoms with E-state index in [1.54, 1.807) is 0 Å². The molecular formula is C36H34N2O4. The van der Waals surface area contributed by atoms with Crippen molar-refractivity contribution in [3.63, 3.8) is 0 Å². The third kappa shape index (κ3) is 6.45. The summed E-state index contributed by atoms with van der Waals surface area (Å²) in [5.41, 5.74) is 4.57. The summed E-state index contributed by atoms with van der Waals surface area (Å²) in [5, 5.41) is 4.41. The highest BCUT2D eigenvalue weighted by atomic mass is 16.5. The average molecular weight is 559 g/mol. The fourth-order valence-electron chi connectivity index (χ4n) is 5.35. The number of para-hydroxylation sites is 1. The first kappa shape index (κ1) is 27.5. The quantitative estimate of drug-likeness (QED) is 0.178. The molecule has 1 aliphatic rings. The Morgan fingerprint density at radius 2 is 1.33 bits per heavy atom. The number of esters is 1. The Bertz CT molecular complexity index is 1620. The number of hydrogen-bond acceptors (Lipinski definition) is 6. The van der Waals surface area contributed by atoms with Gasteiger partial charge in [-0.05, 0) is 48.2 Å². The molecule has 1 unspecified atom stereocenters. The first-order chi connectivity index (χ1) is 20.8. The van der Waals surface area contributed by atoms with E-state index in [9.17, 15) is 4.79 Å². The summed E-state index contributed by atoms with van der Waals surface area (Å²) in [4.78, 5) is 18.8. The van der Waals surface area contributed by atoms with E-state index < -0.39 is 5.97 Å². The van der Waals surface area contributed by atoms with Crippen molar-refractivity contribution in [1.29, 1.82) is 0 Å². The fraction of sp³-hybridized carbons (Fsp3) is 0.222. The molecule has 42 heavy (non-hydrogen) atoms. The van der Waals surface area contributed by atoms with Crippen LogP contribution < -0.4 is 14.8 Å². The third-order valence-electron chi connectivity index (χ3n) is 7.50. The number of hydrogen-bond donors (Lipinski definition) is 1. The Kier molecular flexibility index (Phi) is 8.72. The van der Waals surface area contributed by atoms with E-state index >= 15 is 0 Å². The normalized spacial score (nSPS) is 14.8. The number of nitrogens with zero attached hydrogens (tertiary/aromatic N) is 1. The standard InChI is InChI=1S/C36H34N2O4/c39-36(42-25-28-17-8-3-9-18-28)34-32(30-20-10-11-22-37-30)35(41-24-27-15-6-2-7-16-27)29-19-12-21-31(33(29)38-34)40-23-26-13-4-1-5-14-26/h1-9,12-19,21,30,37H,10-11,20,22-25H2. The number of rotatable bonds is 10. The Hall–Kier alpha value is -4.68. The van der Waals surface area contributed by atoms with Crippen LogP contribution in [0.4, 0.5) is 0 Å². The summed E-state index contributed by atoms with van der Waals surface area (Å²) in [6, 6.07) is 35.5. The number of nitrogens with one attached hydrogen (secondary N) is 1. The van der Waals surface area contributed by atoms with Crippen LogP contribution in [0.5, 0.6) is 11.5 Å². The summed E-state index contributed by atoms with van der Waals surface area (Å²) in [6.07, 6.45) is 3.01. The number of aromatic nitrogens is 1. The van der Waals surface area contributed by atoms with E-state index in [0.717, 1.165) is 53.4 Å². The fourth-order valence-corrected chi connectivity index (χ4v) is 5.35. The van der Waals surface area contributed by atoms with E-state index in [1.165, 1.54) is 0 Å². The van der Waals surface area contributed by atoms with Gasteiger partial charge in [0, 0.05) is 17.0 Å². The van der Waals surface area contributed by atoms with Gasteiger partial charge in [-0.1, -0.05) is 103 Å². The zero-order valence-electron chi connectivity index (χ0n) is 23.5. The van der Waals surface area contributed by atoms with Crippen LogP contribution in [0.1, 0.15) is 58.0 Å². The van der Waals surface area contributed by atoms with Crippen LogP contribution in [0.25, 0.3) is 10.9 Å². The second kappa shape index (κ2) is 13.3. The van der Waals surface area contributed by atoms with Gasteiger partial charge >= 0.3 is 5.97 Å². The molecule has 6 heteroatoms. The van der Waals surface area contributed by atoms with Crippen molar-refractivity contribution in [2.45, 2.75) is 45.1 Å². The van der Waals surface area contributed by atoms with Gasteiger partial charge in [0.15, 0.2) is 5.69 Å². The Balaban J connectivity index is 1.45. The van der Waals surface area contributed by atoms with Gasteiger partial charge in [-0.25, -0.2) is 9.78 Å². The maximum Gasteiger partial charge on any atom is 0.357 e. The van der Waals surface area contributed by atoms with Crippen molar-refractivity contribution in [1.82, 2.24) is 10.3 Å². The smallest absolute Gasteiger partial charge is 0.357 e. The van der Waals surface area contributed by atoms with Crippen molar-refractivity contribution in [2.24, 2.45) is 0 Å². The molecule has 0 aliphatic carbocycles. The molecule has 5 aromatic rings. The molecule has 6 nitrogen and oxygen atoms in total. The monoisotopic (exact) mass is 558 g/mol. The van der Waals surface area contributed by atoms with Crippen molar-refractivity contribution >= 4 is 16.9 Å². The number of fused-ring (bicyclic) bond motifs is 1. The Morgan fingerprint density at radius 3 is 1.95 bits per heavy atom. The second-order valence-corrected chi connectivity index (χ2v) is 10.5. The van der Waals surface area contributed by atoms with Crippen molar-refractivity contribution in [2.75, 3.05) is 6.54 Å². The lowest BCUT2D eigenvalue weighted by Crippen LogP contribution is -2.29. The van der Waals surface area contributed by atoms with Gasteiger partial charge in [-0.2, -0.15) is 0 Å². The largest absolute Gasteiger partial charge is 0.488 e. The molecular weight excluding hydrogens is 524 g/mol. The van der Waals surface area contributed by atoms with E-state index in [1.807, 2.05) is 109 Å². The van der Waals surface area contributed by atoms with Crippen LogP contribution in [0.2, 0.25) is 0 Å². The third-order valence-corrected chi connectivity index (χ3v) is 7.50. The van der Waals surface area contributed by atoms with Crippen molar-refractivity contribution < 1.29 is 19.0 Å². The van der Waals surface area contributed by atoms with Crippen molar-refractivity contribution in [3.05, 3.63) is 137 Å². The summed E-state index contributed by atoms with van der Waals surface area (Å²) < 4.78 is 18.8. The minimum absolute atomic E-state index is 0.0883. The van der Waals surface area contributed by atoms with Crippen LogP contribution in [0.15, 0.2) is 109 Å². The molecule has 212 valence electrons. The molecule has 1 aliphatic heterocycles. The molecule has 2 heterocycles. The van der Waals surface area contributed by atoms with E-state index in [4.69, 9.17) is 19.2 Å². The number of carbonyl (C=O) groups excluding carboxylic acids is 1. The number of benzene rings is 4. The molecule has 1 N–H and O–H groups in total. The zero-order valence-corrected chi connectivity index (χ0v) is 23.5. The second-order valence-electron chi connectivity index (χ2n) is 10.5. The van der Waals surface area contributed by atoms with Gasteiger partial charge in [-0.15, -0.1) is 0 Å². The van der Waals surface area contributed by atoms with Crippen LogP contribution in [0.3, 0.4) is 0 Å². The maximum absolute atomic E-state index is 13.8. The SMILES string of the molecule is O=C(OCc1ccccc1)c1nc2c(OCc3ccccc3)cccc2c(OCc2ccccc2)c1C1CCCCN1. The number of carbonyl (C=O) groups is 1. The predicted molar refractivity (Wildman–Crippen MR) is 163 cm³/mol.